The summed E-state index contributed by atoms with van der Waals surface area (Å²) in [5.41, 5.74) is -0.0989. The molecular weight excluding hydrogens is 152 g/mol. The number of hydrogen-bond acceptors (Lipinski definition) is 2. The summed E-state index contributed by atoms with van der Waals surface area (Å²) in [6, 6.07) is 0. The predicted molar refractivity (Wildman–Crippen MR) is 48.9 cm³/mol. The average molecular weight is 168 g/mol. The van der Waals surface area contributed by atoms with E-state index in [1.54, 1.807) is 0 Å². The van der Waals surface area contributed by atoms with E-state index >= 15 is 0 Å². The van der Waals surface area contributed by atoms with Crippen molar-refractivity contribution in [1.29, 1.82) is 0 Å². The van der Waals surface area contributed by atoms with Crippen LogP contribution in [0.2, 0.25) is 0 Å². The van der Waals surface area contributed by atoms with Gasteiger partial charge in [-0.1, -0.05) is 6.08 Å². The first kappa shape index (κ1) is 9.26. The monoisotopic (exact) mass is 168 g/mol. The van der Waals surface area contributed by atoms with Gasteiger partial charge in [0.05, 0.1) is 6.54 Å². The molecule has 0 saturated carbocycles. The van der Waals surface area contributed by atoms with E-state index in [-0.39, 0.29) is 11.4 Å². The number of amides is 1. The van der Waals surface area contributed by atoms with Gasteiger partial charge in [0.25, 0.3) is 0 Å². The number of carbonyl (C=O) groups excluding carboxylic acids is 1. The molecule has 1 fully saturated rings. The van der Waals surface area contributed by atoms with E-state index in [1.807, 2.05) is 19.9 Å². The number of piperazine rings is 1. The van der Waals surface area contributed by atoms with E-state index in [0.717, 1.165) is 13.1 Å². The molecule has 0 unspecified atom stereocenters. The summed E-state index contributed by atoms with van der Waals surface area (Å²) in [7, 11) is 0. The lowest BCUT2D eigenvalue weighted by atomic mass is 10.0. The molecule has 0 bridgehead atoms. The Morgan fingerprint density at radius 1 is 1.75 bits per heavy atom. The fraction of sp³-hybridized carbons (Fsp3) is 0.667. The average Bonchev–Trinajstić information content (AvgIpc) is 1.82. The molecule has 1 aliphatic rings. The zero-order chi connectivity index (χ0) is 9.19. The summed E-state index contributed by atoms with van der Waals surface area (Å²) < 4.78 is 0. The van der Waals surface area contributed by atoms with Crippen LogP contribution < -0.4 is 5.32 Å². The van der Waals surface area contributed by atoms with Crippen molar-refractivity contribution in [3.05, 3.63) is 12.7 Å². The third-order valence-electron chi connectivity index (χ3n) is 1.85. The first-order chi connectivity index (χ1) is 5.53. The van der Waals surface area contributed by atoms with Gasteiger partial charge in [0.2, 0.25) is 5.91 Å². The molecule has 1 heterocycles. The molecule has 0 radical (unpaired) electrons. The first-order valence-corrected chi connectivity index (χ1v) is 4.18. The van der Waals surface area contributed by atoms with Gasteiger partial charge in [-0.3, -0.25) is 9.69 Å². The molecule has 12 heavy (non-hydrogen) atoms. The van der Waals surface area contributed by atoms with E-state index in [9.17, 15) is 4.79 Å². The van der Waals surface area contributed by atoms with Crippen molar-refractivity contribution in [2.45, 2.75) is 19.4 Å². The van der Waals surface area contributed by atoms with Crippen molar-refractivity contribution in [3.8, 4) is 0 Å². The van der Waals surface area contributed by atoms with E-state index in [1.165, 1.54) is 0 Å². The van der Waals surface area contributed by atoms with Gasteiger partial charge in [0.15, 0.2) is 0 Å². The molecule has 0 atom stereocenters. The summed E-state index contributed by atoms with van der Waals surface area (Å²) in [4.78, 5) is 13.3. The van der Waals surface area contributed by atoms with Crippen LogP contribution in [0.1, 0.15) is 13.8 Å². The molecular formula is C9H16N2O. The van der Waals surface area contributed by atoms with Crippen molar-refractivity contribution in [3.63, 3.8) is 0 Å². The van der Waals surface area contributed by atoms with Gasteiger partial charge in [0, 0.05) is 18.6 Å². The number of carbonyl (C=O) groups is 1. The van der Waals surface area contributed by atoms with E-state index in [2.05, 4.69) is 16.8 Å². The minimum absolute atomic E-state index is 0.0989. The largest absolute Gasteiger partial charge is 0.349 e. The van der Waals surface area contributed by atoms with E-state index in [0.29, 0.717) is 6.54 Å². The highest BCUT2D eigenvalue weighted by atomic mass is 16.2. The minimum atomic E-state index is -0.0989. The molecule has 0 aliphatic carbocycles. The van der Waals surface area contributed by atoms with Crippen LogP contribution in [0.3, 0.4) is 0 Å². The predicted octanol–water partition coefficient (Wildman–Crippen LogP) is 0.383. The molecule has 1 amide bonds. The summed E-state index contributed by atoms with van der Waals surface area (Å²) in [6.45, 7) is 9.89. The van der Waals surface area contributed by atoms with Crippen molar-refractivity contribution < 1.29 is 4.79 Å². The lowest BCUT2D eigenvalue weighted by Crippen LogP contribution is -2.59. The SMILES string of the molecule is C=CCN1CC(=O)NC(C)(C)C1. The summed E-state index contributed by atoms with van der Waals surface area (Å²) in [5, 5.41) is 2.93. The highest BCUT2D eigenvalue weighted by Crippen LogP contribution is 2.10. The van der Waals surface area contributed by atoms with Crippen LogP contribution in [0.15, 0.2) is 12.7 Å². The van der Waals surface area contributed by atoms with Crippen molar-refractivity contribution in [2.24, 2.45) is 0 Å². The van der Waals surface area contributed by atoms with Gasteiger partial charge in [-0.15, -0.1) is 6.58 Å². The highest BCUT2D eigenvalue weighted by molar-refractivity contribution is 5.79. The Labute approximate surface area is 73.4 Å². The first-order valence-electron chi connectivity index (χ1n) is 4.18. The van der Waals surface area contributed by atoms with E-state index in [4.69, 9.17) is 0 Å². The van der Waals surface area contributed by atoms with Crippen molar-refractivity contribution in [2.75, 3.05) is 19.6 Å². The molecule has 1 rings (SSSR count). The van der Waals surface area contributed by atoms with Crippen molar-refractivity contribution in [1.82, 2.24) is 10.2 Å². The number of rotatable bonds is 2. The highest BCUT2D eigenvalue weighted by Gasteiger charge is 2.29. The van der Waals surface area contributed by atoms with Gasteiger partial charge < -0.3 is 5.32 Å². The topological polar surface area (TPSA) is 32.3 Å². The zero-order valence-corrected chi connectivity index (χ0v) is 7.76. The zero-order valence-electron chi connectivity index (χ0n) is 7.76. The Kier molecular flexibility index (Phi) is 2.52. The molecule has 3 heteroatoms. The lowest BCUT2D eigenvalue weighted by molar-refractivity contribution is -0.127. The van der Waals surface area contributed by atoms with Gasteiger partial charge in [-0.25, -0.2) is 0 Å². The second kappa shape index (κ2) is 3.27. The molecule has 1 N–H and O–H groups in total. The number of hydrogen-bond donors (Lipinski definition) is 1. The third kappa shape index (κ3) is 2.34. The maximum atomic E-state index is 11.2. The van der Waals surface area contributed by atoms with Crippen LogP contribution in [0, 0.1) is 0 Å². The quantitative estimate of drug-likeness (QED) is 0.605. The van der Waals surface area contributed by atoms with Gasteiger partial charge >= 0.3 is 0 Å². The van der Waals surface area contributed by atoms with E-state index < -0.39 is 0 Å². The Morgan fingerprint density at radius 3 is 2.92 bits per heavy atom. The molecule has 0 spiro atoms. The molecule has 1 saturated heterocycles. The van der Waals surface area contributed by atoms with Gasteiger partial charge in [-0.05, 0) is 13.8 Å². The summed E-state index contributed by atoms with van der Waals surface area (Å²) >= 11 is 0. The summed E-state index contributed by atoms with van der Waals surface area (Å²) in [5.74, 6) is 0.105. The van der Waals surface area contributed by atoms with Crippen molar-refractivity contribution >= 4 is 5.91 Å². The smallest absolute Gasteiger partial charge is 0.234 e. The van der Waals surface area contributed by atoms with Crippen LogP contribution in [0.5, 0.6) is 0 Å². The Hall–Kier alpha value is -0.830. The molecule has 0 aromatic rings. The second-order valence-electron chi connectivity index (χ2n) is 3.89. The second-order valence-corrected chi connectivity index (χ2v) is 3.89. The molecule has 1 aliphatic heterocycles. The minimum Gasteiger partial charge on any atom is -0.349 e. The van der Waals surface area contributed by atoms with Crippen LogP contribution in [0.4, 0.5) is 0 Å². The number of nitrogens with zero attached hydrogens (tertiary/aromatic N) is 1. The molecule has 3 nitrogen and oxygen atoms in total. The fourth-order valence-corrected chi connectivity index (χ4v) is 1.59. The normalized spacial score (nSPS) is 23.3. The van der Waals surface area contributed by atoms with Gasteiger partial charge in [0.1, 0.15) is 0 Å². The van der Waals surface area contributed by atoms with Crippen LogP contribution in [-0.2, 0) is 4.79 Å². The Morgan fingerprint density at radius 2 is 2.42 bits per heavy atom. The van der Waals surface area contributed by atoms with Crippen LogP contribution >= 0.6 is 0 Å². The maximum absolute atomic E-state index is 11.2. The van der Waals surface area contributed by atoms with Gasteiger partial charge in [-0.2, -0.15) is 0 Å². The standard InChI is InChI=1S/C9H16N2O/c1-4-5-11-6-8(12)10-9(2,3)7-11/h4H,1,5-7H2,2-3H3,(H,10,12). The maximum Gasteiger partial charge on any atom is 0.234 e. The van der Waals surface area contributed by atoms with Crippen LogP contribution in [0.25, 0.3) is 0 Å². The lowest BCUT2D eigenvalue weighted by Gasteiger charge is -2.37. The fourth-order valence-electron chi connectivity index (χ4n) is 1.59. The Bertz CT molecular complexity index is 199. The molecule has 0 aromatic carbocycles. The number of nitrogens with one attached hydrogen (secondary N) is 1. The molecule has 68 valence electrons. The Balaban J connectivity index is 2.57. The third-order valence-corrected chi connectivity index (χ3v) is 1.85. The summed E-state index contributed by atoms with van der Waals surface area (Å²) in [6.07, 6.45) is 1.83. The van der Waals surface area contributed by atoms with Crippen LogP contribution in [-0.4, -0.2) is 36.0 Å². The molecule has 0 aromatic heterocycles.